The number of thiol groups is 1. The van der Waals surface area contributed by atoms with E-state index in [0.717, 1.165) is 16.8 Å². The average Bonchev–Trinajstić information content (AvgIpc) is 2.93. The number of aromatic amines is 1. The van der Waals surface area contributed by atoms with Crippen LogP contribution in [-0.4, -0.2) is 17.6 Å². The molecule has 0 fully saturated rings. The lowest BCUT2D eigenvalue weighted by Gasteiger charge is -2.09. The van der Waals surface area contributed by atoms with E-state index >= 15 is 0 Å². The van der Waals surface area contributed by atoms with E-state index in [1.165, 1.54) is 10.9 Å². The number of hydrogen-bond acceptors (Lipinski definition) is 2. The molecule has 0 spiro atoms. The van der Waals surface area contributed by atoms with Crippen LogP contribution in [0.2, 0.25) is 0 Å². The van der Waals surface area contributed by atoms with Crippen molar-refractivity contribution in [2.75, 3.05) is 11.9 Å². The second-order valence-electron chi connectivity index (χ2n) is 5.01. The summed E-state index contributed by atoms with van der Waals surface area (Å²) in [5.41, 5.74) is 3.02. The standard InChI is InChI=1S/C17H17N3OS/c21-17(20-15-7-3-4-8-16(15)22)18-10-9-12-11-19-14-6-2-1-5-13(12)14/h1-8,11,19,22H,9-10H2,(H2,18,20,21). The molecule has 1 aromatic heterocycles. The molecule has 0 saturated carbocycles. The summed E-state index contributed by atoms with van der Waals surface area (Å²) < 4.78 is 0. The van der Waals surface area contributed by atoms with Crippen molar-refractivity contribution in [3.8, 4) is 0 Å². The monoisotopic (exact) mass is 311 g/mol. The summed E-state index contributed by atoms with van der Waals surface area (Å²) in [6.45, 7) is 0.572. The Morgan fingerprint density at radius 1 is 1.09 bits per heavy atom. The van der Waals surface area contributed by atoms with Gasteiger partial charge >= 0.3 is 6.03 Å². The highest BCUT2D eigenvalue weighted by Crippen LogP contribution is 2.19. The largest absolute Gasteiger partial charge is 0.361 e. The topological polar surface area (TPSA) is 56.9 Å². The molecule has 3 rings (SSSR count). The minimum atomic E-state index is -0.221. The highest BCUT2D eigenvalue weighted by molar-refractivity contribution is 7.80. The van der Waals surface area contributed by atoms with Crippen molar-refractivity contribution in [3.63, 3.8) is 0 Å². The van der Waals surface area contributed by atoms with Gasteiger partial charge in [-0.15, -0.1) is 12.6 Å². The van der Waals surface area contributed by atoms with Crippen LogP contribution in [0.15, 0.2) is 59.6 Å². The van der Waals surface area contributed by atoms with Gasteiger partial charge in [-0.25, -0.2) is 4.79 Å². The van der Waals surface area contributed by atoms with Crippen LogP contribution in [-0.2, 0) is 6.42 Å². The average molecular weight is 311 g/mol. The minimum Gasteiger partial charge on any atom is -0.361 e. The van der Waals surface area contributed by atoms with Gasteiger partial charge in [0.25, 0.3) is 0 Å². The van der Waals surface area contributed by atoms with Crippen LogP contribution in [0, 0.1) is 0 Å². The third-order valence-corrected chi connectivity index (χ3v) is 3.90. The van der Waals surface area contributed by atoms with Crippen LogP contribution >= 0.6 is 12.6 Å². The Kier molecular flexibility index (Phi) is 4.34. The molecule has 0 saturated heterocycles. The first kappa shape index (κ1) is 14.5. The second-order valence-corrected chi connectivity index (χ2v) is 5.49. The summed E-state index contributed by atoms with van der Waals surface area (Å²) in [7, 11) is 0. The van der Waals surface area contributed by atoms with Crippen molar-refractivity contribution >= 4 is 35.3 Å². The van der Waals surface area contributed by atoms with Crippen molar-refractivity contribution in [3.05, 3.63) is 60.3 Å². The number of aromatic nitrogens is 1. The van der Waals surface area contributed by atoms with Crippen LogP contribution in [0.4, 0.5) is 10.5 Å². The van der Waals surface area contributed by atoms with E-state index in [9.17, 15) is 4.79 Å². The van der Waals surface area contributed by atoms with Gasteiger partial charge in [-0.05, 0) is 30.2 Å². The van der Waals surface area contributed by atoms with Gasteiger partial charge in [-0.3, -0.25) is 0 Å². The predicted octanol–water partition coefficient (Wildman–Crippen LogP) is 3.82. The molecule has 0 bridgehead atoms. The molecular formula is C17H17N3OS. The van der Waals surface area contributed by atoms with Crippen LogP contribution in [0.25, 0.3) is 10.9 Å². The molecule has 0 aliphatic carbocycles. The first-order chi connectivity index (χ1) is 10.7. The fourth-order valence-electron chi connectivity index (χ4n) is 2.40. The molecule has 1 heterocycles. The van der Waals surface area contributed by atoms with Gasteiger partial charge in [0.15, 0.2) is 0 Å². The zero-order valence-corrected chi connectivity index (χ0v) is 12.9. The fraction of sp³-hybridized carbons (Fsp3) is 0.118. The maximum absolute atomic E-state index is 11.9. The highest BCUT2D eigenvalue weighted by atomic mass is 32.1. The van der Waals surface area contributed by atoms with Crippen molar-refractivity contribution in [1.29, 1.82) is 0 Å². The Morgan fingerprint density at radius 2 is 1.86 bits per heavy atom. The smallest absolute Gasteiger partial charge is 0.319 e. The lowest BCUT2D eigenvalue weighted by atomic mass is 10.1. The molecule has 2 aromatic carbocycles. The Balaban J connectivity index is 1.55. The van der Waals surface area contributed by atoms with Gasteiger partial charge in [0.1, 0.15) is 0 Å². The number of carbonyl (C=O) groups is 1. The Morgan fingerprint density at radius 3 is 2.73 bits per heavy atom. The molecule has 4 nitrogen and oxygen atoms in total. The van der Waals surface area contributed by atoms with Crippen molar-refractivity contribution < 1.29 is 4.79 Å². The van der Waals surface area contributed by atoms with Crippen molar-refractivity contribution in [2.45, 2.75) is 11.3 Å². The van der Waals surface area contributed by atoms with E-state index in [1.54, 1.807) is 0 Å². The van der Waals surface area contributed by atoms with Crippen LogP contribution in [0.1, 0.15) is 5.56 Å². The van der Waals surface area contributed by atoms with E-state index in [4.69, 9.17) is 0 Å². The van der Waals surface area contributed by atoms with E-state index in [2.05, 4.69) is 34.3 Å². The van der Waals surface area contributed by atoms with Gasteiger partial charge in [0.05, 0.1) is 5.69 Å². The molecule has 0 aliphatic rings. The molecule has 0 radical (unpaired) electrons. The number of fused-ring (bicyclic) bond motifs is 1. The second kappa shape index (κ2) is 6.58. The first-order valence-corrected chi connectivity index (χ1v) is 7.56. The number of nitrogens with one attached hydrogen (secondary N) is 3. The summed E-state index contributed by atoms with van der Waals surface area (Å²) in [5.74, 6) is 0. The molecule has 5 heteroatoms. The zero-order valence-electron chi connectivity index (χ0n) is 12.0. The number of rotatable bonds is 4. The summed E-state index contributed by atoms with van der Waals surface area (Å²) in [6.07, 6.45) is 2.77. The lowest BCUT2D eigenvalue weighted by Crippen LogP contribution is -2.30. The Hall–Kier alpha value is -2.40. The third kappa shape index (κ3) is 3.26. The molecule has 22 heavy (non-hydrogen) atoms. The molecular weight excluding hydrogens is 294 g/mol. The number of benzene rings is 2. The number of H-pyrrole nitrogens is 1. The molecule has 0 atom stereocenters. The number of urea groups is 1. The van der Waals surface area contributed by atoms with Gasteiger partial charge in [0.2, 0.25) is 0 Å². The fourth-order valence-corrected chi connectivity index (χ4v) is 2.61. The number of amides is 2. The van der Waals surface area contributed by atoms with Crippen LogP contribution in [0.3, 0.4) is 0 Å². The number of para-hydroxylation sites is 2. The normalized spacial score (nSPS) is 10.6. The van der Waals surface area contributed by atoms with Crippen molar-refractivity contribution in [2.24, 2.45) is 0 Å². The Bertz CT molecular complexity index is 797. The number of anilines is 1. The van der Waals surface area contributed by atoms with Crippen molar-refractivity contribution in [1.82, 2.24) is 10.3 Å². The Labute approximate surface area is 134 Å². The first-order valence-electron chi connectivity index (χ1n) is 7.12. The minimum absolute atomic E-state index is 0.221. The number of hydrogen-bond donors (Lipinski definition) is 4. The van der Waals surface area contributed by atoms with E-state index in [-0.39, 0.29) is 6.03 Å². The van der Waals surface area contributed by atoms with Crippen LogP contribution in [0.5, 0.6) is 0 Å². The molecule has 3 aromatic rings. The quantitative estimate of drug-likeness (QED) is 0.544. The van der Waals surface area contributed by atoms with E-state index < -0.39 is 0 Å². The maximum atomic E-state index is 11.9. The predicted molar refractivity (Wildman–Crippen MR) is 92.7 cm³/mol. The van der Waals surface area contributed by atoms with Gasteiger partial charge in [0, 0.05) is 28.5 Å². The lowest BCUT2D eigenvalue weighted by molar-refractivity contribution is 0.252. The summed E-state index contributed by atoms with van der Waals surface area (Å²) >= 11 is 4.31. The summed E-state index contributed by atoms with van der Waals surface area (Å²) in [6, 6.07) is 15.3. The van der Waals surface area contributed by atoms with Gasteiger partial charge < -0.3 is 15.6 Å². The summed E-state index contributed by atoms with van der Waals surface area (Å²) in [5, 5.41) is 6.86. The van der Waals surface area contributed by atoms with Crippen LogP contribution < -0.4 is 10.6 Å². The van der Waals surface area contributed by atoms with E-state index in [1.807, 2.05) is 48.7 Å². The highest BCUT2D eigenvalue weighted by Gasteiger charge is 2.05. The molecule has 2 amide bonds. The SMILES string of the molecule is O=C(NCCc1c[nH]c2ccccc12)Nc1ccccc1S. The zero-order chi connectivity index (χ0) is 15.4. The van der Waals surface area contributed by atoms with Gasteiger partial charge in [-0.2, -0.15) is 0 Å². The molecule has 0 aliphatic heterocycles. The summed E-state index contributed by atoms with van der Waals surface area (Å²) in [4.78, 5) is 15.9. The number of carbonyl (C=O) groups excluding carboxylic acids is 1. The molecule has 0 unspecified atom stereocenters. The molecule has 112 valence electrons. The van der Waals surface area contributed by atoms with E-state index in [0.29, 0.717) is 12.2 Å². The van der Waals surface area contributed by atoms with Gasteiger partial charge in [-0.1, -0.05) is 30.3 Å². The maximum Gasteiger partial charge on any atom is 0.319 e. The third-order valence-electron chi connectivity index (χ3n) is 3.51. The molecule has 3 N–H and O–H groups in total.